The molecule has 4 nitrogen and oxygen atoms in total. The Morgan fingerprint density at radius 1 is 1.45 bits per heavy atom. The fourth-order valence-electron chi connectivity index (χ4n) is 3.77. The number of phenols is 1. The molecule has 1 amide bonds. The topological polar surface area (TPSA) is 61.7 Å². The number of benzene rings is 1. The third-order valence-corrected chi connectivity index (χ3v) is 6.11. The van der Waals surface area contributed by atoms with Gasteiger partial charge in [-0.1, -0.05) is 35.7 Å². The Morgan fingerprint density at radius 3 is 2.91 bits per heavy atom. The van der Waals surface area contributed by atoms with Crippen LogP contribution in [-0.2, 0) is 4.79 Å². The summed E-state index contributed by atoms with van der Waals surface area (Å²) in [5, 5.41) is 14.0. The number of amides is 1. The van der Waals surface area contributed by atoms with E-state index in [1.165, 1.54) is 19.1 Å². The minimum atomic E-state index is -0.000739. The number of aromatic hydroxyl groups is 1. The number of nitrogens with one attached hydrogen (secondary N) is 1. The number of carbonyl (C=O) groups excluding carboxylic acids is 1. The molecule has 0 saturated heterocycles. The van der Waals surface area contributed by atoms with Crippen LogP contribution < -0.4 is 5.43 Å². The third-order valence-electron chi connectivity index (χ3n) is 5.05. The van der Waals surface area contributed by atoms with Gasteiger partial charge in [-0.3, -0.25) is 4.79 Å². The highest BCUT2D eigenvalue weighted by molar-refractivity contribution is 9.11. The van der Waals surface area contributed by atoms with Gasteiger partial charge in [0, 0.05) is 16.0 Å². The highest BCUT2D eigenvalue weighted by atomic mass is 79.9. The quantitative estimate of drug-likeness (QED) is 0.558. The lowest BCUT2D eigenvalue weighted by molar-refractivity contribution is -0.123. The SMILES string of the molecule is C[C@]12CCCC[C@H]1[C@@H]2C(=O)N/N=C\c1cc(Br)cc(Br)c1O. The van der Waals surface area contributed by atoms with E-state index in [2.05, 4.69) is 49.3 Å². The second-order valence-corrected chi connectivity index (χ2v) is 8.17. The van der Waals surface area contributed by atoms with E-state index >= 15 is 0 Å². The maximum absolute atomic E-state index is 12.3. The third kappa shape index (κ3) is 2.83. The molecule has 0 aliphatic heterocycles. The van der Waals surface area contributed by atoms with Crippen molar-refractivity contribution in [2.45, 2.75) is 32.6 Å². The summed E-state index contributed by atoms with van der Waals surface area (Å²) >= 11 is 6.63. The summed E-state index contributed by atoms with van der Waals surface area (Å²) < 4.78 is 1.40. The summed E-state index contributed by atoms with van der Waals surface area (Å²) in [4.78, 5) is 12.3. The van der Waals surface area contributed by atoms with E-state index in [9.17, 15) is 9.90 Å². The second-order valence-electron chi connectivity index (χ2n) is 6.40. The smallest absolute Gasteiger partial charge is 0.244 e. The Labute approximate surface area is 146 Å². The molecule has 2 saturated carbocycles. The van der Waals surface area contributed by atoms with Crippen LogP contribution in [0.5, 0.6) is 5.75 Å². The first kappa shape index (κ1) is 16.0. The Balaban J connectivity index is 1.65. The molecule has 0 heterocycles. The van der Waals surface area contributed by atoms with Crippen LogP contribution in [0.1, 0.15) is 38.2 Å². The van der Waals surface area contributed by atoms with Crippen LogP contribution in [0.4, 0.5) is 0 Å². The zero-order chi connectivity index (χ0) is 15.9. The van der Waals surface area contributed by atoms with Crippen molar-refractivity contribution in [3.8, 4) is 5.75 Å². The number of halogens is 2. The number of fused-ring (bicyclic) bond motifs is 1. The van der Waals surface area contributed by atoms with Gasteiger partial charge in [-0.15, -0.1) is 0 Å². The number of hydrogen-bond acceptors (Lipinski definition) is 3. The van der Waals surface area contributed by atoms with Gasteiger partial charge in [0.2, 0.25) is 5.91 Å². The first-order valence-corrected chi connectivity index (χ1v) is 9.03. The van der Waals surface area contributed by atoms with E-state index in [0.29, 0.717) is 16.0 Å². The second kappa shape index (κ2) is 5.96. The van der Waals surface area contributed by atoms with Crippen molar-refractivity contribution in [1.29, 1.82) is 0 Å². The van der Waals surface area contributed by atoms with E-state index < -0.39 is 0 Å². The first-order valence-electron chi connectivity index (χ1n) is 7.44. The van der Waals surface area contributed by atoms with E-state index in [1.54, 1.807) is 12.1 Å². The predicted molar refractivity (Wildman–Crippen MR) is 92.8 cm³/mol. The summed E-state index contributed by atoms with van der Waals surface area (Å²) in [5.74, 6) is 0.715. The van der Waals surface area contributed by atoms with Crippen molar-refractivity contribution in [2.24, 2.45) is 22.4 Å². The Hall–Kier alpha value is -0.880. The number of nitrogens with zero attached hydrogens (tertiary/aromatic N) is 1. The van der Waals surface area contributed by atoms with Crippen molar-refractivity contribution >= 4 is 44.0 Å². The highest BCUT2D eigenvalue weighted by Crippen LogP contribution is 2.66. The number of rotatable bonds is 3. The fourth-order valence-corrected chi connectivity index (χ4v) is 5.03. The molecule has 0 unspecified atom stereocenters. The number of phenolic OH excluding ortho intramolecular Hbond substituents is 1. The molecule has 118 valence electrons. The van der Waals surface area contributed by atoms with Crippen LogP contribution in [0.15, 0.2) is 26.2 Å². The van der Waals surface area contributed by atoms with Crippen molar-refractivity contribution < 1.29 is 9.90 Å². The van der Waals surface area contributed by atoms with Crippen molar-refractivity contribution in [3.63, 3.8) is 0 Å². The lowest BCUT2D eigenvalue weighted by Crippen LogP contribution is -2.22. The first-order chi connectivity index (χ1) is 10.4. The molecule has 2 aliphatic carbocycles. The maximum Gasteiger partial charge on any atom is 0.244 e. The molecule has 3 atom stereocenters. The van der Waals surface area contributed by atoms with Gasteiger partial charge < -0.3 is 5.11 Å². The molecule has 6 heteroatoms. The van der Waals surface area contributed by atoms with Gasteiger partial charge in [0.1, 0.15) is 5.75 Å². The monoisotopic (exact) mass is 428 g/mol. The molecule has 3 rings (SSSR count). The summed E-state index contributed by atoms with van der Waals surface area (Å²) in [5.41, 5.74) is 3.35. The average molecular weight is 430 g/mol. The van der Waals surface area contributed by atoms with Gasteiger partial charge in [0.25, 0.3) is 0 Å². The Bertz CT molecular complexity index is 647. The van der Waals surface area contributed by atoms with Gasteiger partial charge in [0.05, 0.1) is 10.7 Å². The van der Waals surface area contributed by atoms with Gasteiger partial charge in [-0.2, -0.15) is 5.10 Å². The fraction of sp³-hybridized carbons (Fsp3) is 0.500. The lowest BCUT2D eigenvalue weighted by atomic mass is 9.90. The van der Waals surface area contributed by atoms with Crippen LogP contribution in [0.2, 0.25) is 0 Å². The van der Waals surface area contributed by atoms with E-state index in [-0.39, 0.29) is 23.0 Å². The molecule has 1 aromatic rings. The van der Waals surface area contributed by atoms with Crippen LogP contribution in [0.3, 0.4) is 0 Å². The van der Waals surface area contributed by atoms with E-state index in [4.69, 9.17) is 0 Å². The minimum Gasteiger partial charge on any atom is -0.506 e. The van der Waals surface area contributed by atoms with Crippen molar-refractivity contribution in [3.05, 3.63) is 26.6 Å². The normalized spacial score (nSPS) is 30.1. The Kier molecular flexibility index (Phi) is 4.34. The summed E-state index contributed by atoms with van der Waals surface area (Å²) in [6.07, 6.45) is 6.21. The summed E-state index contributed by atoms with van der Waals surface area (Å²) in [6.45, 7) is 2.21. The molecule has 0 spiro atoms. The zero-order valence-corrected chi connectivity index (χ0v) is 15.4. The highest BCUT2D eigenvalue weighted by Gasteiger charge is 2.64. The molecule has 2 fully saturated rings. The van der Waals surface area contributed by atoms with Gasteiger partial charge in [-0.25, -0.2) is 5.43 Å². The van der Waals surface area contributed by atoms with Crippen LogP contribution in [0, 0.1) is 17.3 Å². The standard InChI is InChI=1S/C16H18Br2N2O2/c1-16-5-3-2-4-11(16)13(16)15(22)20-19-8-9-6-10(17)7-12(18)14(9)21/h6-8,11,13,21H,2-5H2,1H3,(H,20,22)/b19-8-/t11-,13+,16-/m0/s1. The summed E-state index contributed by atoms with van der Waals surface area (Å²) in [7, 11) is 0. The molecule has 2 aliphatic rings. The van der Waals surface area contributed by atoms with Gasteiger partial charge in [0.15, 0.2) is 0 Å². The molecular formula is C16H18Br2N2O2. The van der Waals surface area contributed by atoms with Crippen LogP contribution in [0.25, 0.3) is 0 Å². The Morgan fingerprint density at radius 2 is 2.23 bits per heavy atom. The number of hydrogen-bond donors (Lipinski definition) is 2. The van der Waals surface area contributed by atoms with Crippen LogP contribution in [-0.4, -0.2) is 17.2 Å². The zero-order valence-electron chi connectivity index (χ0n) is 12.3. The lowest BCUT2D eigenvalue weighted by Gasteiger charge is -2.15. The molecule has 2 N–H and O–H groups in total. The molecule has 0 radical (unpaired) electrons. The number of carbonyl (C=O) groups is 1. The molecular weight excluding hydrogens is 412 g/mol. The van der Waals surface area contributed by atoms with Gasteiger partial charge in [-0.05, 0) is 52.2 Å². The minimum absolute atomic E-state index is 0.000739. The summed E-state index contributed by atoms with van der Waals surface area (Å²) in [6, 6.07) is 3.49. The molecule has 0 bridgehead atoms. The van der Waals surface area contributed by atoms with E-state index in [0.717, 1.165) is 17.3 Å². The van der Waals surface area contributed by atoms with Crippen molar-refractivity contribution in [1.82, 2.24) is 5.43 Å². The predicted octanol–water partition coefficient (Wildman–Crippen LogP) is 4.19. The largest absolute Gasteiger partial charge is 0.506 e. The van der Waals surface area contributed by atoms with Gasteiger partial charge >= 0.3 is 0 Å². The maximum atomic E-state index is 12.3. The number of hydrazone groups is 1. The van der Waals surface area contributed by atoms with Crippen molar-refractivity contribution in [2.75, 3.05) is 0 Å². The molecule has 22 heavy (non-hydrogen) atoms. The van der Waals surface area contributed by atoms with E-state index in [1.807, 2.05) is 0 Å². The molecule has 1 aromatic carbocycles. The van der Waals surface area contributed by atoms with Crippen LogP contribution >= 0.6 is 31.9 Å². The average Bonchev–Trinajstić information content (AvgIpc) is 3.09. The molecule has 0 aromatic heterocycles.